The fourth-order valence-electron chi connectivity index (χ4n) is 2.71. The summed E-state index contributed by atoms with van der Waals surface area (Å²) in [5, 5.41) is 5.18. The predicted molar refractivity (Wildman–Crippen MR) is 86.0 cm³/mol. The maximum atomic E-state index is 12.4. The largest absolute Gasteiger partial charge is 0.351 e. The van der Waals surface area contributed by atoms with Gasteiger partial charge in [0.15, 0.2) is 0 Å². The van der Waals surface area contributed by atoms with Gasteiger partial charge in [-0.1, -0.05) is 34.1 Å². The lowest BCUT2D eigenvalue weighted by Crippen LogP contribution is -2.30. The highest BCUT2D eigenvalue weighted by Crippen LogP contribution is 2.35. The highest BCUT2D eigenvalue weighted by Gasteiger charge is 2.26. The van der Waals surface area contributed by atoms with Gasteiger partial charge in [0.2, 0.25) is 5.91 Å². The van der Waals surface area contributed by atoms with Crippen LogP contribution < -0.4 is 5.32 Å². The molecule has 1 amide bonds. The number of rotatable bonds is 3. The Morgan fingerprint density at radius 3 is 3.05 bits per heavy atom. The van der Waals surface area contributed by atoms with Crippen molar-refractivity contribution in [2.24, 2.45) is 0 Å². The molecule has 1 aromatic carbocycles. The van der Waals surface area contributed by atoms with Crippen LogP contribution in [0, 0.1) is 0 Å². The molecule has 1 N–H and O–H groups in total. The highest BCUT2D eigenvalue weighted by molar-refractivity contribution is 9.10. The number of benzene rings is 1. The van der Waals surface area contributed by atoms with Crippen molar-refractivity contribution in [3.8, 4) is 0 Å². The van der Waals surface area contributed by atoms with Crippen LogP contribution >= 0.6 is 27.3 Å². The van der Waals surface area contributed by atoms with E-state index in [2.05, 4.69) is 32.7 Å². The van der Waals surface area contributed by atoms with Crippen LogP contribution in [0.15, 0.2) is 40.2 Å². The Labute approximate surface area is 131 Å². The van der Waals surface area contributed by atoms with Crippen LogP contribution in [0.5, 0.6) is 0 Å². The monoisotopic (exact) mass is 349 g/mol. The summed E-state index contributed by atoms with van der Waals surface area (Å²) < 4.78 is 1.04. The van der Waals surface area contributed by atoms with E-state index in [4.69, 9.17) is 0 Å². The minimum Gasteiger partial charge on any atom is -0.351 e. The van der Waals surface area contributed by atoms with Crippen molar-refractivity contribution in [1.29, 1.82) is 0 Å². The van der Waals surface area contributed by atoms with Gasteiger partial charge in [0.1, 0.15) is 0 Å². The lowest BCUT2D eigenvalue weighted by atomic mass is 9.87. The maximum Gasteiger partial charge on any atom is 0.227 e. The van der Waals surface area contributed by atoms with E-state index in [0.29, 0.717) is 6.54 Å². The summed E-state index contributed by atoms with van der Waals surface area (Å²) in [6.07, 6.45) is 3.20. The fourth-order valence-corrected chi connectivity index (χ4v) is 4.12. The second kappa shape index (κ2) is 6.10. The van der Waals surface area contributed by atoms with E-state index in [0.717, 1.165) is 29.3 Å². The molecule has 0 radical (unpaired) electrons. The quantitative estimate of drug-likeness (QED) is 0.881. The molecule has 3 rings (SSSR count). The Morgan fingerprint density at radius 1 is 1.35 bits per heavy atom. The summed E-state index contributed by atoms with van der Waals surface area (Å²) in [7, 11) is 0. The van der Waals surface area contributed by atoms with Crippen molar-refractivity contribution in [2.75, 3.05) is 0 Å². The second-order valence-electron chi connectivity index (χ2n) is 5.05. The van der Waals surface area contributed by atoms with Crippen LogP contribution in [-0.2, 0) is 17.8 Å². The summed E-state index contributed by atoms with van der Waals surface area (Å²) in [5.74, 6) is 0.188. The molecule has 2 aromatic rings. The molecule has 0 bridgehead atoms. The van der Waals surface area contributed by atoms with Crippen molar-refractivity contribution in [3.05, 3.63) is 56.2 Å². The van der Waals surface area contributed by atoms with E-state index in [-0.39, 0.29) is 11.8 Å². The Balaban J connectivity index is 1.68. The van der Waals surface area contributed by atoms with Gasteiger partial charge < -0.3 is 5.32 Å². The van der Waals surface area contributed by atoms with Crippen LogP contribution in [0.25, 0.3) is 0 Å². The van der Waals surface area contributed by atoms with E-state index in [9.17, 15) is 4.79 Å². The van der Waals surface area contributed by atoms with Crippen molar-refractivity contribution >= 4 is 33.2 Å². The zero-order chi connectivity index (χ0) is 13.9. The first kappa shape index (κ1) is 13.8. The zero-order valence-electron chi connectivity index (χ0n) is 11.1. The van der Waals surface area contributed by atoms with E-state index < -0.39 is 0 Å². The normalized spacial score (nSPS) is 17.6. The van der Waals surface area contributed by atoms with Crippen molar-refractivity contribution in [1.82, 2.24) is 5.32 Å². The molecule has 0 saturated carbocycles. The summed E-state index contributed by atoms with van der Waals surface area (Å²) in [5.41, 5.74) is 2.35. The van der Waals surface area contributed by atoms with Gasteiger partial charge in [-0.05, 0) is 47.9 Å². The van der Waals surface area contributed by atoms with Gasteiger partial charge in [-0.25, -0.2) is 0 Å². The number of thiophene rings is 1. The summed E-state index contributed by atoms with van der Waals surface area (Å²) in [4.78, 5) is 13.8. The molecule has 0 saturated heterocycles. The number of fused-ring (bicyclic) bond motifs is 1. The third-order valence-corrected chi connectivity index (χ3v) is 5.55. The third kappa shape index (κ3) is 2.81. The van der Waals surface area contributed by atoms with Gasteiger partial charge in [0.05, 0.1) is 5.92 Å². The van der Waals surface area contributed by atoms with Crippen LogP contribution in [0.1, 0.15) is 34.8 Å². The van der Waals surface area contributed by atoms with Gasteiger partial charge in [-0.2, -0.15) is 0 Å². The van der Waals surface area contributed by atoms with E-state index >= 15 is 0 Å². The Kier molecular flexibility index (Phi) is 4.22. The molecule has 20 heavy (non-hydrogen) atoms. The molecule has 104 valence electrons. The molecule has 1 heterocycles. The number of carbonyl (C=O) groups excluding carboxylic acids is 1. The third-order valence-electron chi connectivity index (χ3n) is 3.78. The van der Waals surface area contributed by atoms with Gasteiger partial charge in [-0.3, -0.25) is 4.79 Å². The first-order chi connectivity index (χ1) is 9.75. The lowest BCUT2D eigenvalue weighted by Gasteiger charge is -2.22. The van der Waals surface area contributed by atoms with Gasteiger partial charge in [0.25, 0.3) is 0 Å². The fraction of sp³-hybridized carbons (Fsp3) is 0.312. The van der Waals surface area contributed by atoms with E-state index in [1.807, 2.05) is 24.3 Å². The standard InChI is InChI=1S/C16H16BrNOS/c17-14-6-2-1-4-11(14)10-18-16(19)13-5-3-7-15-12(13)8-9-20-15/h1-2,4,6,8-9,13H,3,5,7,10H2,(H,18,19). The number of aryl methyl sites for hydroxylation is 1. The second-order valence-corrected chi connectivity index (χ2v) is 6.91. The molecule has 0 aliphatic heterocycles. The highest BCUT2D eigenvalue weighted by atomic mass is 79.9. The lowest BCUT2D eigenvalue weighted by molar-refractivity contribution is -0.123. The SMILES string of the molecule is O=C(NCc1ccccc1Br)C1CCCc2sccc21. The Hall–Kier alpha value is -1.13. The molecular formula is C16H16BrNOS. The van der Waals surface area contributed by atoms with E-state index in [1.54, 1.807) is 11.3 Å². The molecule has 0 spiro atoms. The molecule has 0 fully saturated rings. The van der Waals surface area contributed by atoms with Gasteiger partial charge >= 0.3 is 0 Å². The summed E-state index contributed by atoms with van der Waals surface area (Å²) >= 11 is 5.29. The zero-order valence-corrected chi connectivity index (χ0v) is 13.5. The van der Waals surface area contributed by atoms with E-state index in [1.165, 1.54) is 10.4 Å². The average molecular weight is 350 g/mol. The number of halogens is 1. The molecule has 1 aromatic heterocycles. The van der Waals surface area contributed by atoms with Gasteiger partial charge in [-0.15, -0.1) is 11.3 Å². The Morgan fingerprint density at radius 2 is 2.20 bits per heavy atom. The average Bonchev–Trinajstić information content (AvgIpc) is 2.94. The molecule has 1 aliphatic rings. The summed E-state index contributed by atoms with van der Waals surface area (Å²) in [6.45, 7) is 0.580. The summed E-state index contributed by atoms with van der Waals surface area (Å²) in [6, 6.07) is 10.1. The topological polar surface area (TPSA) is 29.1 Å². The van der Waals surface area contributed by atoms with Crippen molar-refractivity contribution in [3.63, 3.8) is 0 Å². The van der Waals surface area contributed by atoms with Crippen LogP contribution in [0.2, 0.25) is 0 Å². The molecule has 1 unspecified atom stereocenters. The first-order valence-electron chi connectivity index (χ1n) is 6.83. The molecule has 4 heteroatoms. The molecule has 2 nitrogen and oxygen atoms in total. The van der Waals surface area contributed by atoms with Crippen LogP contribution in [-0.4, -0.2) is 5.91 Å². The molecule has 1 aliphatic carbocycles. The Bertz CT molecular complexity index is 622. The van der Waals surface area contributed by atoms with Gasteiger partial charge in [0, 0.05) is 15.9 Å². The number of carbonyl (C=O) groups is 1. The number of hydrogen-bond donors (Lipinski definition) is 1. The molecular weight excluding hydrogens is 334 g/mol. The van der Waals surface area contributed by atoms with Crippen LogP contribution in [0.3, 0.4) is 0 Å². The number of nitrogens with one attached hydrogen (secondary N) is 1. The number of amides is 1. The predicted octanol–water partition coefficient (Wildman–Crippen LogP) is 4.25. The minimum atomic E-state index is 0.0347. The maximum absolute atomic E-state index is 12.4. The van der Waals surface area contributed by atoms with Crippen LogP contribution in [0.4, 0.5) is 0 Å². The first-order valence-corrected chi connectivity index (χ1v) is 8.50. The molecule has 1 atom stereocenters. The number of hydrogen-bond acceptors (Lipinski definition) is 2. The van der Waals surface area contributed by atoms with Crippen molar-refractivity contribution in [2.45, 2.75) is 31.7 Å². The van der Waals surface area contributed by atoms with Crippen molar-refractivity contribution < 1.29 is 4.79 Å². The minimum absolute atomic E-state index is 0.0347. The smallest absolute Gasteiger partial charge is 0.227 e.